The van der Waals surface area contributed by atoms with Crippen LogP contribution in [0.25, 0.3) is 0 Å². The molecule has 4 atom stereocenters. The van der Waals surface area contributed by atoms with Crippen LogP contribution in [0.4, 0.5) is 13.2 Å². The molecule has 49 heavy (non-hydrogen) atoms. The zero-order valence-electron chi connectivity index (χ0n) is 31.5. The standard InChI is InChI=1S/C18H27F3O2.C11H20O4.C9H18O2/c1-4-16(3,18(19,20)21)15(22)23-17(5-2)13-7-11-6-12(9-13)10-14(17)8-11;1-3-9(2)13-6-4-7-14-10-5-8-15-11(10)12;1-4-6-7-9(10)11-8(3)5-2/h11-14H,4-10H2,1-3H3;9-10H,3-8H2,1-2H3;8H,4-7H2,1-3H3. The van der Waals surface area contributed by atoms with Crippen molar-refractivity contribution in [3.8, 4) is 0 Å². The van der Waals surface area contributed by atoms with Gasteiger partial charge in [0.25, 0.3) is 0 Å². The van der Waals surface area contributed by atoms with Crippen LogP contribution in [0.5, 0.6) is 0 Å². The first-order valence-electron chi connectivity index (χ1n) is 19.0. The maximum atomic E-state index is 13.4. The normalized spacial score (nSPS) is 29.4. The molecule has 0 aromatic rings. The van der Waals surface area contributed by atoms with Crippen molar-refractivity contribution in [3.63, 3.8) is 0 Å². The van der Waals surface area contributed by atoms with Crippen molar-refractivity contribution in [2.24, 2.45) is 29.1 Å². The van der Waals surface area contributed by atoms with E-state index in [1.807, 2.05) is 20.8 Å². The van der Waals surface area contributed by atoms with Crippen LogP contribution in [0.2, 0.25) is 0 Å². The minimum absolute atomic E-state index is 0.0544. The zero-order chi connectivity index (χ0) is 36.8. The van der Waals surface area contributed by atoms with E-state index in [1.54, 1.807) is 0 Å². The highest BCUT2D eigenvalue weighted by atomic mass is 19.4. The summed E-state index contributed by atoms with van der Waals surface area (Å²) in [5, 5.41) is 0. The van der Waals surface area contributed by atoms with Gasteiger partial charge in [-0.25, -0.2) is 4.79 Å². The molecule has 4 saturated carbocycles. The molecule has 5 rings (SSSR count). The Morgan fingerprint density at radius 2 is 1.49 bits per heavy atom. The van der Waals surface area contributed by atoms with Gasteiger partial charge in [-0.3, -0.25) is 9.59 Å². The minimum Gasteiger partial charge on any atom is -0.464 e. The Bertz CT molecular complexity index is 989. The molecule has 5 aliphatic rings. The van der Waals surface area contributed by atoms with Crippen molar-refractivity contribution in [1.29, 1.82) is 0 Å². The highest BCUT2D eigenvalue weighted by molar-refractivity contribution is 5.78. The van der Waals surface area contributed by atoms with Gasteiger partial charge in [-0.1, -0.05) is 41.0 Å². The van der Waals surface area contributed by atoms with Crippen molar-refractivity contribution < 1.29 is 51.2 Å². The van der Waals surface area contributed by atoms with Gasteiger partial charge in [0.1, 0.15) is 5.60 Å². The third kappa shape index (κ3) is 12.1. The second-order valence-electron chi connectivity index (χ2n) is 14.8. The number of hydrogen-bond donors (Lipinski definition) is 0. The first kappa shape index (κ1) is 43.3. The van der Waals surface area contributed by atoms with E-state index >= 15 is 0 Å². The molecular formula is C38H65F3O8. The van der Waals surface area contributed by atoms with Crippen LogP contribution in [0.3, 0.4) is 0 Å². The SMILES string of the molecule is CCC(C)OCCCOC1CCOC1=O.CCC1(OC(=O)C(C)(CC)C(F)(F)F)C2CC3CC(C2)CC1C3.CCCCC(=O)OC(C)CC. The molecule has 5 fully saturated rings. The Morgan fingerprint density at radius 3 is 1.94 bits per heavy atom. The summed E-state index contributed by atoms with van der Waals surface area (Å²) in [5.41, 5.74) is -3.06. The molecule has 1 aliphatic heterocycles. The molecule has 1 saturated heterocycles. The lowest BCUT2D eigenvalue weighted by molar-refractivity contribution is -0.256. The second-order valence-corrected chi connectivity index (χ2v) is 14.8. The van der Waals surface area contributed by atoms with Crippen LogP contribution < -0.4 is 0 Å². The summed E-state index contributed by atoms with van der Waals surface area (Å²) in [6, 6.07) is 0. The number of halogens is 3. The van der Waals surface area contributed by atoms with E-state index in [1.165, 1.54) is 13.3 Å². The molecule has 0 aromatic heterocycles. The van der Waals surface area contributed by atoms with Gasteiger partial charge in [-0.05, 0) is 115 Å². The third-order valence-electron chi connectivity index (χ3n) is 11.3. The van der Waals surface area contributed by atoms with Crippen molar-refractivity contribution in [2.45, 2.75) is 175 Å². The number of rotatable bonds is 16. The molecule has 8 nitrogen and oxygen atoms in total. The quantitative estimate of drug-likeness (QED) is 0.0891. The van der Waals surface area contributed by atoms with E-state index < -0.39 is 23.2 Å². The average molecular weight is 707 g/mol. The number of carbonyl (C=O) groups is 3. The number of esters is 3. The zero-order valence-corrected chi connectivity index (χ0v) is 31.5. The summed E-state index contributed by atoms with van der Waals surface area (Å²) >= 11 is 0. The molecule has 286 valence electrons. The van der Waals surface area contributed by atoms with Gasteiger partial charge in [0.05, 0.1) is 18.8 Å². The molecule has 0 amide bonds. The van der Waals surface area contributed by atoms with Crippen LogP contribution in [-0.2, 0) is 38.1 Å². The molecule has 4 bridgehead atoms. The van der Waals surface area contributed by atoms with E-state index in [0.717, 1.165) is 64.7 Å². The van der Waals surface area contributed by atoms with Crippen LogP contribution in [0.15, 0.2) is 0 Å². The largest absolute Gasteiger partial charge is 0.464 e. The molecular weight excluding hydrogens is 641 g/mol. The fourth-order valence-electron chi connectivity index (χ4n) is 7.55. The molecule has 0 aromatic carbocycles. The molecule has 4 aliphatic carbocycles. The number of unbranched alkanes of at least 4 members (excludes halogenated alkanes) is 1. The van der Waals surface area contributed by atoms with Gasteiger partial charge < -0.3 is 23.7 Å². The maximum absolute atomic E-state index is 13.4. The molecule has 0 radical (unpaired) electrons. The van der Waals surface area contributed by atoms with E-state index in [4.69, 9.17) is 23.7 Å². The van der Waals surface area contributed by atoms with Gasteiger partial charge in [-0.2, -0.15) is 13.2 Å². The number of carbonyl (C=O) groups excluding carboxylic acids is 3. The van der Waals surface area contributed by atoms with Gasteiger partial charge in [0, 0.05) is 26.1 Å². The predicted octanol–water partition coefficient (Wildman–Crippen LogP) is 9.16. The first-order valence-corrected chi connectivity index (χ1v) is 19.0. The fourth-order valence-corrected chi connectivity index (χ4v) is 7.55. The first-order chi connectivity index (χ1) is 23.1. The molecule has 1 heterocycles. The van der Waals surface area contributed by atoms with Gasteiger partial charge in [-0.15, -0.1) is 0 Å². The van der Waals surface area contributed by atoms with E-state index in [9.17, 15) is 27.6 Å². The lowest BCUT2D eigenvalue weighted by Gasteiger charge is -2.60. The summed E-state index contributed by atoms with van der Waals surface area (Å²) in [6.07, 6.45) is 7.15. The monoisotopic (exact) mass is 706 g/mol. The maximum Gasteiger partial charge on any atom is 0.404 e. The summed E-state index contributed by atoms with van der Waals surface area (Å²) in [4.78, 5) is 34.5. The summed E-state index contributed by atoms with van der Waals surface area (Å²) in [7, 11) is 0. The predicted molar refractivity (Wildman–Crippen MR) is 182 cm³/mol. The van der Waals surface area contributed by atoms with Crippen molar-refractivity contribution in [1.82, 2.24) is 0 Å². The summed E-state index contributed by atoms with van der Waals surface area (Å²) < 4.78 is 66.7. The molecule has 11 heteroatoms. The van der Waals surface area contributed by atoms with Crippen LogP contribution in [-0.4, -0.2) is 67.8 Å². The highest BCUT2D eigenvalue weighted by Gasteiger charge is 2.62. The second kappa shape index (κ2) is 20.2. The van der Waals surface area contributed by atoms with E-state index in [-0.39, 0.29) is 42.4 Å². The van der Waals surface area contributed by atoms with Gasteiger partial charge >= 0.3 is 24.1 Å². The lowest BCUT2D eigenvalue weighted by atomic mass is 9.49. The summed E-state index contributed by atoms with van der Waals surface area (Å²) in [5.74, 6) is 0.539. The Hall–Kier alpha value is -1.88. The molecule has 0 N–H and O–H groups in total. The Morgan fingerprint density at radius 1 is 0.898 bits per heavy atom. The van der Waals surface area contributed by atoms with Crippen LogP contribution in [0.1, 0.15) is 145 Å². The Balaban J connectivity index is 0.000000278. The molecule has 4 unspecified atom stereocenters. The van der Waals surface area contributed by atoms with Gasteiger partial charge in [0.15, 0.2) is 11.5 Å². The van der Waals surface area contributed by atoms with Gasteiger partial charge in [0.2, 0.25) is 0 Å². The van der Waals surface area contributed by atoms with E-state index in [0.29, 0.717) is 57.0 Å². The number of cyclic esters (lactones) is 1. The Kier molecular flexibility index (Phi) is 17.9. The Labute approximate surface area is 293 Å². The molecule has 0 spiro atoms. The third-order valence-corrected chi connectivity index (χ3v) is 11.3. The number of hydrogen-bond acceptors (Lipinski definition) is 8. The number of alkyl halides is 3. The highest BCUT2D eigenvalue weighted by Crippen LogP contribution is 2.61. The topological polar surface area (TPSA) is 97.4 Å². The lowest BCUT2D eigenvalue weighted by Crippen LogP contribution is -2.61. The van der Waals surface area contributed by atoms with Crippen molar-refractivity contribution in [3.05, 3.63) is 0 Å². The van der Waals surface area contributed by atoms with Crippen molar-refractivity contribution >= 4 is 17.9 Å². The number of ether oxygens (including phenoxy) is 5. The van der Waals surface area contributed by atoms with Crippen molar-refractivity contribution in [2.75, 3.05) is 19.8 Å². The van der Waals surface area contributed by atoms with E-state index in [2.05, 4.69) is 20.8 Å². The average Bonchev–Trinajstić information content (AvgIpc) is 3.48. The smallest absolute Gasteiger partial charge is 0.404 e. The minimum atomic E-state index is -4.57. The fraction of sp³-hybridized carbons (Fsp3) is 0.921. The summed E-state index contributed by atoms with van der Waals surface area (Å²) in [6.45, 7) is 16.2. The van der Waals surface area contributed by atoms with Crippen LogP contribution in [0, 0.1) is 29.1 Å². The van der Waals surface area contributed by atoms with Crippen LogP contribution >= 0.6 is 0 Å².